The number of halogens is 2. The number of amides is 1. The molecule has 0 aliphatic heterocycles. The van der Waals surface area contributed by atoms with Crippen LogP contribution in [0.3, 0.4) is 0 Å². The third-order valence-corrected chi connectivity index (χ3v) is 4.36. The van der Waals surface area contributed by atoms with Crippen molar-refractivity contribution in [3.05, 3.63) is 39.1 Å². The molecule has 0 aliphatic rings. The normalized spacial score (nSPS) is 13.1. The molecule has 1 unspecified atom stereocenters. The van der Waals surface area contributed by atoms with E-state index in [-0.39, 0.29) is 24.4 Å². The van der Waals surface area contributed by atoms with E-state index in [0.717, 1.165) is 20.7 Å². The van der Waals surface area contributed by atoms with Gasteiger partial charge in [-0.05, 0) is 26.0 Å². The number of aromatic nitrogens is 1. The monoisotopic (exact) mass is 389 g/mol. The van der Waals surface area contributed by atoms with E-state index in [1.807, 2.05) is 36.6 Å². The van der Waals surface area contributed by atoms with Crippen molar-refractivity contribution < 1.29 is 4.79 Å². The van der Waals surface area contributed by atoms with Crippen molar-refractivity contribution in [3.63, 3.8) is 0 Å². The predicted molar refractivity (Wildman–Crippen MR) is 92.7 cm³/mol. The van der Waals surface area contributed by atoms with Gasteiger partial charge in [0, 0.05) is 15.4 Å². The Labute approximate surface area is 142 Å². The summed E-state index contributed by atoms with van der Waals surface area (Å²) < 4.78 is 1.04. The zero-order valence-electron chi connectivity index (χ0n) is 11.7. The van der Waals surface area contributed by atoms with Crippen LogP contribution in [0, 0.1) is 0 Å². The number of nitrogens with one attached hydrogen (secondary N) is 1. The number of benzene rings is 1. The number of nitrogens with zero attached hydrogens (tertiary/aromatic N) is 1. The molecule has 114 valence electrons. The molecule has 2 rings (SSSR count). The second-order valence-electron chi connectivity index (χ2n) is 4.60. The minimum Gasteiger partial charge on any atom is -0.346 e. The number of carbonyl (C=O) groups excluding carboxylic acids is 1. The molecule has 0 aliphatic carbocycles. The molecule has 1 aromatic heterocycles. The summed E-state index contributed by atoms with van der Waals surface area (Å²) in [5.41, 5.74) is 7.51. The van der Waals surface area contributed by atoms with Crippen LogP contribution in [0.1, 0.15) is 24.9 Å². The lowest BCUT2D eigenvalue weighted by Gasteiger charge is -2.12. The maximum Gasteiger partial charge on any atom is 0.237 e. The molecule has 21 heavy (non-hydrogen) atoms. The molecule has 0 saturated carbocycles. The molecule has 1 aromatic carbocycles. The van der Waals surface area contributed by atoms with Crippen LogP contribution in [0.2, 0.25) is 0 Å². The highest BCUT2D eigenvalue weighted by Crippen LogP contribution is 2.26. The van der Waals surface area contributed by atoms with E-state index in [4.69, 9.17) is 5.73 Å². The maximum atomic E-state index is 11.6. The number of rotatable bonds is 4. The van der Waals surface area contributed by atoms with Gasteiger partial charge in [0.1, 0.15) is 5.01 Å². The third-order valence-electron chi connectivity index (χ3n) is 2.80. The van der Waals surface area contributed by atoms with E-state index in [2.05, 4.69) is 26.2 Å². The Morgan fingerprint density at radius 1 is 1.33 bits per heavy atom. The number of hydrogen-bond acceptors (Lipinski definition) is 4. The van der Waals surface area contributed by atoms with Gasteiger partial charge >= 0.3 is 0 Å². The van der Waals surface area contributed by atoms with E-state index < -0.39 is 6.04 Å². The minimum absolute atomic E-state index is 0. The number of carbonyl (C=O) groups is 1. The SMILES string of the molecule is CC(NC(=O)[C@@H](C)N)c1nc(-c2ccc(Br)cc2)cs1.Cl. The Bertz CT molecular complexity index is 601. The summed E-state index contributed by atoms with van der Waals surface area (Å²) in [7, 11) is 0. The molecule has 1 heterocycles. The Morgan fingerprint density at radius 2 is 1.95 bits per heavy atom. The zero-order chi connectivity index (χ0) is 14.7. The molecule has 0 bridgehead atoms. The molecule has 2 aromatic rings. The fourth-order valence-corrected chi connectivity index (χ4v) is 2.75. The summed E-state index contributed by atoms with van der Waals surface area (Å²) in [4.78, 5) is 16.1. The van der Waals surface area contributed by atoms with Crippen LogP contribution < -0.4 is 11.1 Å². The Hall–Kier alpha value is -0.950. The first-order valence-electron chi connectivity index (χ1n) is 6.24. The van der Waals surface area contributed by atoms with Crippen molar-refractivity contribution in [2.24, 2.45) is 5.73 Å². The third kappa shape index (κ3) is 4.78. The Balaban J connectivity index is 0.00000220. The summed E-state index contributed by atoms with van der Waals surface area (Å²) in [5, 5.41) is 5.71. The number of nitrogens with two attached hydrogens (primary N) is 1. The number of thiazole rings is 1. The van der Waals surface area contributed by atoms with Crippen molar-refractivity contribution in [2.75, 3.05) is 0 Å². The highest BCUT2D eigenvalue weighted by molar-refractivity contribution is 9.10. The van der Waals surface area contributed by atoms with E-state index in [1.165, 1.54) is 11.3 Å². The summed E-state index contributed by atoms with van der Waals surface area (Å²) in [6.45, 7) is 3.57. The predicted octanol–water partition coefficient (Wildman–Crippen LogP) is 3.52. The van der Waals surface area contributed by atoms with E-state index in [1.54, 1.807) is 6.92 Å². The van der Waals surface area contributed by atoms with Crippen LogP contribution in [-0.4, -0.2) is 16.9 Å². The second-order valence-corrected chi connectivity index (χ2v) is 6.40. The molecule has 4 nitrogen and oxygen atoms in total. The first-order chi connectivity index (χ1) is 9.47. The van der Waals surface area contributed by atoms with Crippen molar-refractivity contribution in [1.82, 2.24) is 10.3 Å². The molecular formula is C14H17BrClN3OS. The van der Waals surface area contributed by atoms with Crippen LogP contribution in [0.25, 0.3) is 11.3 Å². The van der Waals surface area contributed by atoms with Crippen molar-refractivity contribution >= 4 is 45.6 Å². The van der Waals surface area contributed by atoms with Crippen LogP contribution in [0.15, 0.2) is 34.1 Å². The highest BCUT2D eigenvalue weighted by Gasteiger charge is 2.16. The summed E-state index contributed by atoms with van der Waals surface area (Å²) in [6.07, 6.45) is 0. The summed E-state index contributed by atoms with van der Waals surface area (Å²) in [6, 6.07) is 7.33. The average Bonchev–Trinajstić information content (AvgIpc) is 2.89. The molecule has 0 spiro atoms. The fourth-order valence-electron chi connectivity index (χ4n) is 1.65. The Kier molecular flexibility index (Phi) is 6.80. The van der Waals surface area contributed by atoms with Gasteiger partial charge in [-0.25, -0.2) is 4.98 Å². The molecule has 2 atom stereocenters. The fraction of sp³-hybridized carbons (Fsp3) is 0.286. The lowest BCUT2D eigenvalue weighted by molar-refractivity contribution is -0.122. The molecule has 3 N–H and O–H groups in total. The van der Waals surface area contributed by atoms with Gasteiger partial charge in [0.25, 0.3) is 0 Å². The van der Waals surface area contributed by atoms with Crippen molar-refractivity contribution in [2.45, 2.75) is 25.9 Å². The number of hydrogen-bond donors (Lipinski definition) is 2. The van der Waals surface area contributed by atoms with Gasteiger partial charge < -0.3 is 11.1 Å². The second kappa shape index (κ2) is 7.89. The van der Waals surface area contributed by atoms with Crippen molar-refractivity contribution in [1.29, 1.82) is 0 Å². The molecule has 0 fully saturated rings. The van der Waals surface area contributed by atoms with Crippen LogP contribution in [-0.2, 0) is 4.79 Å². The largest absolute Gasteiger partial charge is 0.346 e. The summed E-state index contributed by atoms with van der Waals surface area (Å²) in [5.74, 6) is -0.169. The highest BCUT2D eigenvalue weighted by atomic mass is 79.9. The van der Waals surface area contributed by atoms with Crippen molar-refractivity contribution in [3.8, 4) is 11.3 Å². The minimum atomic E-state index is -0.511. The van der Waals surface area contributed by atoms with Crippen LogP contribution >= 0.6 is 39.7 Å². The van der Waals surface area contributed by atoms with E-state index >= 15 is 0 Å². The van der Waals surface area contributed by atoms with E-state index in [9.17, 15) is 4.79 Å². The molecule has 0 radical (unpaired) electrons. The first-order valence-corrected chi connectivity index (χ1v) is 7.92. The van der Waals surface area contributed by atoms with Crippen LogP contribution in [0.5, 0.6) is 0 Å². The summed E-state index contributed by atoms with van der Waals surface area (Å²) >= 11 is 4.94. The Morgan fingerprint density at radius 3 is 2.52 bits per heavy atom. The quantitative estimate of drug-likeness (QED) is 0.839. The van der Waals surface area contributed by atoms with E-state index in [0.29, 0.717) is 0 Å². The van der Waals surface area contributed by atoms with Crippen LogP contribution in [0.4, 0.5) is 0 Å². The molecule has 1 amide bonds. The standard InChI is InChI=1S/C14H16BrN3OS.ClH/c1-8(16)13(19)17-9(2)14-18-12(7-20-14)10-3-5-11(15)6-4-10;/h3-9H,16H2,1-2H3,(H,17,19);1H/t8-,9?;/m1./s1. The van der Waals surface area contributed by atoms with Gasteiger partial charge in [0.05, 0.1) is 17.8 Å². The smallest absolute Gasteiger partial charge is 0.237 e. The average molecular weight is 391 g/mol. The topological polar surface area (TPSA) is 68.0 Å². The van der Waals surface area contributed by atoms with Gasteiger partial charge in [-0.1, -0.05) is 28.1 Å². The lowest BCUT2D eigenvalue weighted by Crippen LogP contribution is -2.39. The van der Waals surface area contributed by atoms with Gasteiger partial charge in [-0.2, -0.15) is 0 Å². The van der Waals surface area contributed by atoms with Gasteiger partial charge in [0.15, 0.2) is 0 Å². The molecule has 7 heteroatoms. The van der Waals surface area contributed by atoms with Gasteiger partial charge in [0.2, 0.25) is 5.91 Å². The molecule has 0 saturated heterocycles. The molecular weight excluding hydrogens is 374 g/mol. The van der Waals surface area contributed by atoms with Gasteiger partial charge in [-0.3, -0.25) is 4.79 Å². The lowest BCUT2D eigenvalue weighted by atomic mass is 10.2. The van der Waals surface area contributed by atoms with Gasteiger partial charge in [-0.15, -0.1) is 23.7 Å². The maximum absolute atomic E-state index is 11.6. The first kappa shape index (κ1) is 18.1. The zero-order valence-corrected chi connectivity index (χ0v) is 14.9.